The molecule has 1 saturated heterocycles. The molecule has 1 atom stereocenters. The maximum absolute atomic E-state index is 13.2. The molecule has 2 heterocycles. The Morgan fingerprint density at radius 2 is 1.87 bits per heavy atom. The third kappa shape index (κ3) is 5.46. The number of rotatable bonds is 4. The number of ether oxygens (including phenoxy) is 1. The molecule has 0 unspecified atom stereocenters. The molecule has 31 heavy (non-hydrogen) atoms. The summed E-state index contributed by atoms with van der Waals surface area (Å²) in [6.45, 7) is 11.1. The average Bonchev–Trinajstić information content (AvgIpc) is 3.01. The molecule has 1 aromatic heterocycles. The van der Waals surface area contributed by atoms with Crippen LogP contribution in [0.2, 0.25) is 0 Å². The van der Waals surface area contributed by atoms with Crippen LogP contribution < -0.4 is 0 Å². The van der Waals surface area contributed by atoms with Crippen molar-refractivity contribution in [2.24, 2.45) is 5.92 Å². The summed E-state index contributed by atoms with van der Waals surface area (Å²) in [5.74, 6) is -0.157. The lowest BCUT2D eigenvalue weighted by atomic mass is 9.96. The summed E-state index contributed by atoms with van der Waals surface area (Å²) >= 11 is 0. The highest BCUT2D eigenvalue weighted by Crippen LogP contribution is 2.23. The van der Waals surface area contributed by atoms with Crippen LogP contribution in [0.5, 0.6) is 0 Å². The minimum absolute atomic E-state index is 0.0551. The van der Waals surface area contributed by atoms with Gasteiger partial charge in [-0.1, -0.05) is 18.2 Å². The Balaban J connectivity index is 1.68. The molecule has 168 valence electrons. The van der Waals surface area contributed by atoms with Crippen molar-refractivity contribution < 1.29 is 14.3 Å². The van der Waals surface area contributed by atoms with Gasteiger partial charge in [-0.25, -0.2) is 9.48 Å². The van der Waals surface area contributed by atoms with Crippen LogP contribution in [0.25, 0.3) is 5.69 Å². The van der Waals surface area contributed by atoms with Gasteiger partial charge in [0, 0.05) is 37.9 Å². The van der Waals surface area contributed by atoms with Gasteiger partial charge in [-0.3, -0.25) is 4.79 Å². The molecule has 2 amide bonds. The first-order valence-electron chi connectivity index (χ1n) is 10.9. The first-order chi connectivity index (χ1) is 14.6. The third-order valence-electron chi connectivity index (χ3n) is 5.64. The summed E-state index contributed by atoms with van der Waals surface area (Å²) in [6, 6.07) is 9.99. The van der Waals surface area contributed by atoms with Crippen molar-refractivity contribution in [3.05, 3.63) is 47.3 Å². The minimum Gasteiger partial charge on any atom is -0.444 e. The van der Waals surface area contributed by atoms with Gasteiger partial charge in [-0.2, -0.15) is 5.10 Å². The van der Waals surface area contributed by atoms with Crippen LogP contribution in [-0.4, -0.2) is 57.3 Å². The summed E-state index contributed by atoms with van der Waals surface area (Å²) in [4.78, 5) is 29.0. The van der Waals surface area contributed by atoms with E-state index in [0.29, 0.717) is 19.6 Å². The van der Waals surface area contributed by atoms with Gasteiger partial charge in [-0.15, -0.1) is 0 Å². The van der Waals surface area contributed by atoms with Crippen LogP contribution in [0.1, 0.15) is 50.6 Å². The molecular formula is C24H34N4O3. The van der Waals surface area contributed by atoms with Gasteiger partial charge in [-0.05, 0) is 59.6 Å². The van der Waals surface area contributed by atoms with E-state index in [0.717, 1.165) is 35.5 Å². The highest BCUT2D eigenvalue weighted by atomic mass is 16.6. The first-order valence-corrected chi connectivity index (χ1v) is 10.9. The number of hydrogen-bond acceptors (Lipinski definition) is 4. The van der Waals surface area contributed by atoms with Crippen LogP contribution in [-0.2, 0) is 16.1 Å². The number of carbonyl (C=O) groups is 2. The quantitative estimate of drug-likeness (QED) is 0.738. The normalized spacial score (nSPS) is 16.8. The number of piperidine rings is 1. The molecule has 7 heteroatoms. The zero-order valence-electron chi connectivity index (χ0n) is 19.5. The second-order valence-electron chi connectivity index (χ2n) is 9.36. The standard InChI is InChI=1S/C24H34N4O3/c1-17-21(18(2)28(25-17)20-12-8-7-9-13-20)16-26(6)22(29)19-11-10-14-27(15-19)23(30)31-24(3,4)5/h7-9,12-13,19H,10-11,14-16H2,1-6H3/t19-/m0/s1. The molecule has 0 aliphatic carbocycles. The summed E-state index contributed by atoms with van der Waals surface area (Å²) in [7, 11) is 1.83. The van der Waals surface area contributed by atoms with E-state index in [-0.39, 0.29) is 17.9 Å². The number of benzene rings is 1. The Kier molecular flexibility index (Phi) is 6.72. The molecule has 2 aromatic rings. The van der Waals surface area contributed by atoms with E-state index in [9.17, 15) is 9.59 Å². The Bertz CT molecular complexity index is 930. The molecule has 1 aliphatic rings. The van der Waals surface area contributed by atoms with E-state index in [1.807, 2.05) is 76.7 Å². The molecule has 0 N–H and O–H groups in total. The van der Waals surface area contributed by atoms with E-state index in [2.05, 4.69) is 5.10 Å². The van der Waals surface area contributed by atoms with Gasteiger partial charge in [0.05, 0.1) is 17.3 Å². The molecule has 7 nitrogen and oxygen atoms in total. The predicted molar refractivity (Wildman–Crippen MR) is 120 cm³/mol. The number of aryl methyl sites for hydroxylation is 1. The fourth-order valence-corrected chi connectivity index (χ4v) is 4.02. The Morgan fingerprint density at radius 3 is 2.52 bits per heavy atom. The van der Waals surface area contributed by atoms with Crippen LogP contribution in [0.3, 0.4) is 0 Å². The number of aromatic nitrogens is 2. The summed E-state index contributed by atoms with van der Waals surface area (Å²) in [5.41, 5.74) is 3.46. The lowest BCUT2D eigenvalue weighted by molar-refractivity contribution is -0.136. The predicted octanol–water partition coefficient (Wildman–Crippen LogP) is 4.09. The minimum atomic E-state index is -0.543. The molecule has 1 fully saturated rings. The van der Waals surface area contributed by atoms with Crippen LogP contribution in [0.15, 0.2) is 30.3 Å². The summed E-state index contributed by atoms with van der Waals surface area (Å²) in [6.07, 6.45) is 1.24. The van der Waals surface area contributed by atoms with Gasteiger partial charge in [0.25, 0.3) is 0 Å². The number of likely N-dealkylation sites (tertiary alicyclic amines) is 1. The lowest BCUT2D eigenvalue weighted by Gasteiger charge is -2.35. The first kappa shape index (κ1) is 22.8. The second kappa shape index (κ2) is 9.12. The van der Waals surface area contributed by atoms with Gasteiger partial charge < -0.3 is 14.5 Å². The van der Waals surface area contributed by atoms with Crippen LogP contribution >= 0.6 is 0 Å². The monoisotopic (exact) mass is 426 g/mol. The lowest BCUT2D eigenvalue weighted by Crippen LogP contribution is -2.47. The van der Waals surface area contributed by atoms with Gasteiger partial charge >= 0.3 is 6.09 Å². The van der Waals surface area contributed by atoms with E-state index < -0.39 is 5.60 Å². The van der Waals surface area contributed by atoms with E-state index in [1.165, 1.54) is 0 Å². The van der Waals surface area contributed by atoms with Crippen molar-refractivity contribution in [1.29, 1.82) is 0 Å². The van der Waals surface area contributed by atoms with Crippen molar-refractivity contribution in [3.8, 4) is 5.69 Å². The van der Waals surface area contributed by atoms with Gasteiger partial charge in [0.15, 0.2) is 0 Å². The molecule has 0 saturated carbocycles. The zero-order valence-corrected chi connectivity index (χ0v) is 19.5. The average molecular weight is 427 g/mol. The molecule has 0 bridgehead atoms. The molecular weight excluding hydrogens is 392 g/mol. The fraction of sp³-hybridized carbons (Fsp3) is 0.542. The smallest absolute Gasteiger partial charge is 0.410 e. The number of hydrogen-bond donors (Lipinski definition) is 0. The van der Waals surface area contributed by atoms with Crippen molar-refractivity contribution in [3.63, 3.8) is 0 Å². The van der Waals surface area contributed by atoms with E-state index >= 15 is 0 Å². The fourth-order valence-electron chi connectivity index (χ4n) is 4.02. The largest absolute Gasteiger partial charge is 0.444 e. The second-order valence-corrected chi connectivity index (χ2v) is 9.36. The third-order valence-corrected chi connectivity index (χ3v) is 5.64. The number of nitrogens with zero attached hydrogens (tertiary/aromatic N) is 4. The molecule has 0 spiro atoms. The van der Waals surface area contributed by atoms with Gasteiger partial charge in [0.1, 0.15) is 5.60 Å². The highest BCUT2D eigenvalue weighted by Gasteiger charge is 2.32. The SMILES string of the molecule is Cc1nn(-c2ccccc2)c(C)c1CN(C)C(=O)[C@H]1CCCN(C(=O)OC(C)(C)C)C1. The molecule has 3 rings (SSSR count). The zero-order chi connectivity index (χ0) is 22.8. The molecule has 1 aliphatic heterocycles. The van der Waals surface area contributed by atoms with Crippen molar-refractivity contribution in [2.75, 3.05) is 20.1 Å². The number of amides is 2. The highest BCUT2D eigenvalue weighted by molar-refractivity contribution is 5.80. The van der Waals surface area contributed by atoms with Crippen molar-refractivity contribution >= 4 is 12.0 Å². The summed E-state index contributed by atoms with van der Waals surface area (Å²) in [5, 5.41) is 4.68. The number of para-hydroxylation sites is 1. The van der Waals surface area contributed by atoms with Crippen LogP contribution in [0.4, 0.5) is 4.79 Å². The summed E-state index contributed by atoms with van der Waals surface area (Å²) < 4.78 is 7.41. The molecule has 0 radical (unpaired) electrons. The maximum atomic E-state index is 13.2. The Labute approximate surface area is 185 Å². The Hall–Kier alpha value is -2.83. The van der Waals surface area contributed by atoms with E-state index in [4.69, 9.17) is 4.74 Å². The molecule has 1 aromatic carbocycles. The van der Waals surface area contributed by atoms with Gasteiger partial charge in [0.2, 0.25) is 5.91 Å². The van der Waals surface area contributed by atoms with Crippen LogP contribution in [0, 0.1) is 19.8 Å². The topological polar surface area (TPSA) is 67.7 Å². The van der Waals surface area contributed by atoms with Crippen molar-refractivity contribution in [1.82, 2.24) is 19.6 Å². The maximum Gasteiger partial charge on any atom is 0.410 e. The number of carbonyl (C=O) groups excluding carboxylic acids is 2. The van der Waals surface area contributed by atoms with Crippen molar-refractivity contribution in [2.45, 2.75) is 59.6 Å². The Morgan fingerprint density at radius 1 is 1.19 bits per heavy atom. The van der Waals surface area contributed by atoms with E-state index in [1.54, 1.807) is 9.80 Å².